The molecule has 0 radical (unpaired) electrons. The third-order valence-corrected chi connectivity index (χ3v) is 5.42. The van der Waals surface area contributed by atoms with Crippen molar-refractivity contribution in [3.05, 3.63) is 29.8 Å². The minimum absolute atomic E-state index is 0. The van der Waals surface area contributed by atoms with Crippen molar-refractivity contribution in [3.63, 3.8) is 0 Å². The van der Waals surface area contributed by atoms with Crippen molar-refractivity contribution in [1.29, 1.82) is 0 Å². The second-order valence-electron chi connectivity index (χ2n) is 8.17. The van der Waals surface area contributed by atoms with Gasteiger partial charge in [-0.15, -0.1) is 12.4 Å². The molecule has 1 amide bonds. The molecule has 1 N–H and O–H groups in total. The molecule has 5 heteroatoms. The summed E-state index contributed by atoms with van der Waals surface area (Å²) in [6.45, 7) is 10.6. The third-order valence-electron chi connectivity index (χ3n) is 5.42. The van der Waals surface area contributed by atoms with E-state index in [0.29, 0.717) is 0 Å². The third kappa shape index (κ3) is 4.89. The van der Waals surface area contributed by atoms with Gasteiger partial charge in [0.2, 0.25) is 0 Å². The second kappa shape index (κ2) is 8.41. The van der Waals surface area contributed by atoms with E-state index in [9.17, 15) is 4.79 Å². The Balaban J connectivity index is 0.00000225. The van der Waals surface area contributed by atoms with Crippen LogP contribution in [-0.4, -0.2) is 43.6 Å². The number of fused-ring (bicyclic) bond motifs is 1. The number of benzene rings is 1. The van der Waals surface area contributed by atoms with Crippen LogP contribution in [0, 0.1) is 11.8 Å². The van der Waals surface area contributed by atoms with Gasteiger partial charge >= 0.3 is 0 Å². The number of halogens is 1. The topological polar surface area (TPSA) is 41.6 Å². The molecule has 0 aromatic heterocycles. The Kier molecular flexibility index (Phi) is 6.75. The quantitative estimate of drug-likeness (QED) is 0.892. The fourth-order valence-corrected chi connectivity index (χ4v) is 3.91. The van der Waals surface area contributed by atoms with E-state index in [0.717, 1.165) is 62.2 Å². The maximum absolute atomic E-state index is 12.6. The van der Waals surface area contributed by atoms with Gasteiger partial charge in [0.05, 0.1) is 0 Å². The lowest BCUT2D eigenvalue weighted by Gasteiger charge is -2.24. The first kappa shape index (κ1) is 20.1. The van der Waals surface area contributed by atoms with Crippen LogP contribution in [0.3, 0.4) is 0 Å². The normalized spacial score (nSPS) is 23.4. The van der Waals surface area contributed by atoms with Crippen molar-refractivity contribution in [2.75, 3.05) is 32.8 Å². The number of carbonyl (C=O) groups excluding carboxylic acids is 1. The van der Waals surface area contributed by atoms with Gasteiger partial charge in [-0.05, 0) is 54.8 Å². The summed E-state index contributed by atoms with van der Waals surface area (Å²) < 4.78 is 5.91. The van der Waals surface area contributed by atoms with Crippen LogP contribution in [0.5, 0.6) is 5.75 Å². The molecule has 2 heterocycles. The summed E-state index contributed by atoms with van der Waals surface area (Å²) in [4.78, 5) is 14.6. The number of carbonyl (C=O) groups is 1. The summed E-state index contributed by atoms with van der Waals surface area (Å²) >= 11 is 0. The molecule has 0 aliphatic carbocycles. The van der Waals surface area contributed by atoms with Gasteiger partial charge < -0.3 is 15.0 Å². The van der Waals surface area contributed by atoms with Crippen LogP contribution < -0.4 is 10.1 Å². The largest absolute Gasteiger partial charge is 0.483 e. The van der Waals surface area contributed by atoms with E-state index in [1.807, 2.05) is 23.1 Å². The molecule has 0 saturated carbocycles. The van der Waals surface area contributed by atoms with Crippen molar-refractivity contribution in [2.45, 2.75) is 39.0 Å². The first-order chi connectivity index (χ1) is 11.4. The standard InChI is InChI=1S/C20H30N2O2.ClH/c1-20(2,3)17-6-4-5-7-18(17)24-14-19(23)22-10-8-15-12-21-13-16(15)9-11-22;/h4-7,15-16,21H,8-14H2,1-3H3;1H/t15-,16+;. The zero-order valence-corrected chi connectivity index (χ0v) is 16.4. The molecule has 140 valence electrons. The first-order valence-electron chi connectivity index (χ1n) is 9.16. The van der Waals surface area contributed by atoms with Crippen molar-refractivity contribution in [3.8, 4) is 5.75 Å². The highest BCUT2D eigenvalue weighted by atomic mass is 35.5. The monoisotopic (exact) mass is 366 g/mol. The summed E-state index contributed by atoms with van der Waals surface area (Å²) in [5.74, 6) is 2.43. The van der Waals surface area contributed by atoms with Crippen LogP contribution in [0.25, 0.3) is 0 Å². The number of rotatable bonds is 3. The van der Waals surface area contributed by atoms with Gasteiger partial charge in [-0.1, -0.05) is 39.0 Å². The minimum Gasteiger partial charge on any atom is -0.483 e. The van der Waals surface area contributed by atoms with Gasteiger partial charge in [-0.2, -0.15) is 0 Å². The van der Waals surface area contributed by atoms with Gasteiger partial charge in [0, 0.05) is 13.1 Å². The van der Waals surface area contributed by atoms with Crippen LogP contribution in [0.2, 0.25) is 0 Å². The summed E-state index contributed by atoms with van der Waals surface area (Å²) in [5.41, 5.74) is 1.15. The number of nitrogens with one attached hydrogen (secondary N) is 1. The zero-order valence-electron chi connectivity index (χ0n) is 15.6. The molecule has 4 nitrogen and oxygen atoms in total. The Labute approximate surface area is 157 Å². The van der Waals surface area contributed by atoms with E-state index in [4.69, 9.17) is 4.74 Å². The number of likely N-dealkylation sites (tertiary alicyclic amines) is 1. The highest BCUT2D eigenvalue weighted by molar-refractivity contribution is 5.85. The number of ether oxygens (including phenoxy) is 1. The van der Waals surface area contributed by atoms with Crippen LogP contribution in [0.15, 0.2) is 24.3 Å². The van der Waals surface area contributed by atoms with Crippen molar-refractivity contribution < 1.29 is 9.53 Å². The first-order valence-corrected chi connectivity index (χ1v) is 9.16. The fourth-order valence-electron chi connectivity index (χ4n) is 3.91. The molecule has 2 aliphatic rings. The lowest BCUT2D eigenvalue weighted by Crippen LogP contribution is -2.36. The average Bonchev–Trinajstić information content (AvgIpc) is 2.90. The highest BCUT2D eigenvalue weighted by Gasteiger charge is 2.31. The average molecular weight is 367 g/mol. The van der Waals surface area contributed by atoms with Gasteiger partial charge in [-0.3, -0.25) is 4.79 Å². The van der Waals surface area contributed by atoms with E-state index in [-0.39, 0.29) is 30.3 Å². The fraction of sp³-hybridized carbons (Fsp3) is 0.650. The Morgan fingerprint density at radius 1 is 1.16 bits per heavy atom. The van der Waals surface area contributed by atoms with E-state index in [1.165, 1.54) is 0 Å². The Morgan fingerprint density at radius 3 is 2.36 bits per heavy atom. The van der Waals surface area contributed by atoms with Gasteiger partial charge in [-0.25, -0.2) is 0 Å². The lowest BCUT2D eigenvalue weighted by molar-refractivity contribution is -0.133. The smallest absolute Gasteiger partial charge is 0.260 e. The Morgan fingerprint density at radius 2 is 1.76 bits per heavy atom. The van der Waals surface area contributed by atoms with E-state index in [2.05, 4.69) is 32.2 Å². The van der Waals surface area contributed by atoms with Crippen molar-refractivity contribution >= 4 is 18.3 Å². The summed E-state index contributed by atoms with van der Waals surface area (Å²) in [6, 6.07) is 8.04. The summed E-state index contributed by atoms with van der Waals surface area (Å²) in [6.07, 6.45) is 2.23. The van der Waals surface area contributed by atoms with E-state index >= 15 is 0 Å². The van der Waals surface area contributed by atoms with Crippen LogP contribution >= 0.6 is 12.4 Å². The number of nitrogens with zero attached hydrogens (tertiary/aromatic N) is 1. The molecule has 0 bridgehead atoms. The van der Waals surface area contributed by atoms with Crippen LogP contribution in [0.1, 0.15) is 39.2 Å². The lowest BCUT2D eigenvalue weighted by atomic mass is 9.86. The predicted octanol–water partition coefficient (Wildman–Crippen LogP) is 3.24. The summed E-state index contributed by atoms with van der Waals surface area (Å²) in [7, 11) is 0. The molecule has 1 aromatic carbocycles. The van der Waals surface area contributed by atoms with Crippen molar-refractivity contribution in [1.82, 2.24) is 10.2 Å². The van der Waals surface area contributed by atoms with Crippen LogP contribution in [-0.2, 0) is 10.2 Å². The van der Waals surface area contributed by atoms with E-state index < -0.39 is 0 Å². The van der Waals surface area contributed by atoms with Crippen LogP contribution in [0.4, 0.5) is 0 Å². The molecule has 25 heavy (non-hydrogen) atoms. The molecule has 3 rings (SSSR count). The molecule has 2 aliphatic heterocycles. The number of hydrogen-bond acceptors (Lipinski definition) is 3. The number of amides is 1. The summed E-state index contributed by atoms with van der Waals surface area (Å²) in [5, 5.41) is 3.47. The second-order valence-corrected chi connectivity index (χ2v) is 8.17. The van der Waals surface area contributed by atoms with Gasteiger partial charge in [0.1, 0.15) is 5.75 Å². The maximum atomic E-state index is 12.6. The molecule has 0 spiro atoms. The molecular formula is C20H31ClN2O2. The molecule has 1 aromatic rings. The zero-order chi connectivity index (χ0) is 17.2. The minimum atomic E-state index is 0. The maximum Gasteiger partial charge on any atom is 0.260 e. The molecule has 0 unspecified atom stereocenters. The number of hydrogen-bond donors (Lipinski definition) is 1. The molecular weight excluding hydrogens is 336 g/mol. The van der Waals surface area contributed by atoms with E-state index in [1.54, 1.807) is 0 Å². The number of para-hydroxylation sites is 1. The Hall–Kier alpha value is -1.26. The highest BCUT2D eigenvalue weighted by Crippen LogP contribution is 2.31. The van der Waals surface area contributed by atoms with Gasteiger partial charge in [0.25, 0.3) is 5.91 Å². The van der Waals surface area contributed by atoms with Crippen molar-refractivity contribution in [2.24, 2.45) is 11.8 Å². The predicted molar refractivity (Wildman–Crippen MR) is 104 cm³/mol. The molecule has 2 saturated heterocycles. The SMILES string of the molecule is CC(C)(C)c1ccccc1OCC(=O)N1CC[C@@H]2CNC[C@@H]2CC1.Cl. The Bertz CT molecular complexity index is 571. The van der Waals surface area contributed by atoms with Gasteiger partial charge in [0.15, 0.2) is 6.61 Å². The molecule has 2 fully saturated rings. The molecule has 2 atom stereocenters.